The molecule has 0 radical (unpaired) electrons. The second-order valence-electron chi connectivity index (χ2n) is 12.5. The van der Waals surface area contributed by atoms with Crippen molar-refractivity contribution in [3.63, 3.8) is 0 Å². The molecule has 1 atom stereocenters. The smallest absolute Gasteiger partial charge is 0.255 e. The zero-order valence-corrected chi connectivity index (χ0v) is 26.8. The molecule has 0 saturated carbocycles. The Hall–Kier alpha value is -5.91. The van der Waals surface area contributed by atoms with Crippen LogP contribution in [0.25, 0.3) is 16.6 Å². The van der Waals surface area contributed by atoms with Crippen LogP contribution in [0.3, 0.4) is 0 Å². The summed E-state index contributed by atoms with van der Waals surface area (Å²) in [5.74, 6) is -1.23. The highest BCUT2D eigenvalue weighted by Crippen LogP contribution is 2.30. The van der Waals surface area contributed by atoms with Crippen molar-refractivity contribution in [2.24, 2.45) is 0 Å². The molecular weight excluding hydrogens is 620 g/mol. The molecule has 3 aromatic carbocycles. The van der Waals surface area contributed by atoms with Crippen molar-refractivity contribution in [2.75, 3.05) is 18.0 Å². The molecule has 3 aliphatic heterocycles. The molecule has 0 bridgehead atoms. The van der Waals surface area contributed by atoms with Gasteiger partial charge in [0.15, 0.2) is 0 Å². The number of para-hydroxylation sites is 2. The third-order valence-corrected chi connectivity index (χ3v) is 9.46. The summed E-state index contributed by atoms with van der Waals surface area (Å²) < 4.78 is 0. The lowest BCUT2D eigenvalue weighted by molar-refractivity contribution is -0.136. The Morgan fingerprint density at radius 2 is 1.78 bits per heavy atom. The van der Waals surface area contributed by atoms with Gasteiger partial charge in [0, 0.05) is 73.4 Å². The minimum absolute atomic E-state index is 0.194. The first-order valence-corrected chi connectivity index (χ1v) is 16.5. The summed E-state index contributed by atoms with van der Waals surface area (Å²) in [5, 5.41) is 16.7. The summed E-state index contributed by atoms with van der Waals surface area (Å²) in [7, 11) is 0. The molecule has 12 nitrogen and oxygen atoms in total. The average molecular weight is 657 g/mol. The Bertz CT molecular complexity index is 2000. The maximum atomic E-state index is 13.3. The van der Waals surface area contributed by atoms with Crippen LogP contribution in [0, 0.1) is 5.41 Å². The lowest BCUT2D eigenvalue weighted by atomic mass is 10.0. The van der Waals surface area contributed by atoms with Gasteiger partial charge in [0.1, 0.15) is 6.04 Å². The van der Waals surface area contributed by atoms with E-state index in [4.69, 9.17) is 5.41 Å². The summed E-state index contributed by atoms with van der Waals surface area (Å²) in [6.07, 6.45) is 7.09. The van der Waals surface area contributed by atoms with Crippen molar-refractivity contribution in [1.82, 2.24) is 30.8 Å². The highest BCUT2D eigenvalue weighted by atomic mass is 16.2. The van der Waals surface area contributed by atoms with E-state index in [0.29, 0.717) is 28.8 Å². The van der Waals surface area contributed by atoms with Gasteiger partial charge in [0.2, 0.25) is 11.8 Å². The first-order chi connectivity index (χ1) is 23.9. The van der Waals surface area contributed by atoms with Crippen LogP contribution in [0.5, 0.6) is 0 Å². The number of carbonyl (C=O) groups is 4. The summed E-state index contributed by atoms with van der Waals surface area (Å²) >= 11 is 0. The zero-order valence-electron chi connectivity index (χ0n) is 26.8. The molecule has 4 aromatic rings. The minimum atomic E-state index is -0.690. The first kappa shape index (κ1) is 31.7. The standard InChI is InChI=1S/C37H36N8O4/c38-18-25(32-21-40-30-9-1-2-10-31(30)42-32)20-39-26-13-15-44(16-14-26)27-7-3-5-23(17-27)35(47)41-19-24-6-4-8-28-29(24)22-45(37(28)49)33-11-12-34(46)43-36(33)48/h1-10,17-18,20-21,26,33,38-39H,11-16,19,22H2,(H,41,47)(H,43,46,48)/b25-20+,38-18?. The van der Waals surface area contributed by atoms with Gasteiger partial charge in [-0.1, -0.05) is 30.3 Å². The van der Waals surface area contributed by atoms with Crippen LogP contribution in [0.4, 0.5) is 5.69 Å². The van der Waals surface area contributed by atoms with E-state index < -0.39 is 11.9 Å². The van der Waals surface area contributed by atoms with Gasteiger partial charge in [0.05, 0.1) is 22.9 Å². The van der Waals surface area contributed by atoms with E-state index in [1.165, 1.54) is 11.1 Å². The number of imide groups is 1. The molecule has 12 heteroatoms. The molecular formula is C37H36N8O4. The molecule has 0 aliphatic carbocycles. The average Bonchev–Trinajstić information content (AvgIpc) is 3.47. The Balaban J connectivity index is 0.943. The predicted molar refractivity (Wildman–Crippen MR) is 185 cm³/mol. The number of piperidine rings is 2. The fraction of sp³-hybridized carbons (Fsp3) is 0.270. The van der Waals surface area contributed by atoms with Gasteiger partial charge in [-0.05, 0) is 66.8 Å². The number of anilines is 1. The summed E-state index contributed by atoms with van der Waals surface area (Å²) in [6, 6.07) is 20.2. The van der Waals surface area contributed by atoms with Crippen molar-refractivity contribution < 1.29 is 19.2 Å². The highest BCUT2D eigenvalue weighted by molar-refractivity contribution is 6.08. The number of fused-ring (bicyclic) bond motifs is 2. The molecule has 7 rings (SSSR count). The van der Waals surface area contributed by atoms with E-state index in [-0.39, 0.29) is 43.3 Å². The number of hydrogen-bond acceptors (Lipinski definition) is 9. The molecule has 0 spiro atoms. The molecule has 49 heavy (non-hydrogen) atoms. The Labute approximate surface area is 283 Å². The van der Waals surface area contributed by atoms with Crippen LogP contribution in [-0.2, 0) is 22.7 Å². The van der Waals surface area contributed by atoms with Crippen LogP contribution in [0.15, 0.2) is 79.1 Å². The van der Waals surface area contributed by atoms with E-state index in [1.54, 1.807) is 24.4 Å². The maximum Gasteiger partial charge on any atom is 0.255 e. The van der Waals surface area contributed by atoms with Crippen LogP contribution in [0.2, 0.25) is 0 Å². The number of nitrogens with one attached hydrogen (secondary N) is 4. The number of rotatable bonds is 9. The van der Waals surface area contributed by atoms with Crippen LogP contribution < -0.4 is 20.9 Å². The van der Waals surface area contributed by atoms with Gasteiger partial charge in [-0.3, -0.25) is 29.5 Å². The molecule has 4 heterocycles. The number of nitrogens with zero attached hydrogens (tertiary/aromatic N) is 4. The SMILES string of the molecule is N=C/C(=C\NC1CCN(c2cccc(C(=O)NCc3cccc4c3CN(C3CCC(=O)NC3=O)C4=O)c2)CC1)c1cnc2ccccc2n1. The fourth-order valence-electron chi connectivity index (χ4n) is 6.73. The maximum absolute atomic E-state index is 13.3. The number of amides is 4. The number of aromatic nitrogens is 2. The van der Waals surface area contributed by atoms with Gasteiger partial charge in [-0.25, -0.2) is 4.98 Å². The monoisotopic (exact) mass is 656 g/mol. The number of benzene rings is 3. The Morgan fingerprint density at radius 1 is 0.980 bits per heavy atom. The fourth-order valence-corrected chi connectivity index (χ4v) is 6.73. The number of allylic oxidation sites excluding steroid dienone is 1. The van der Waals surface area contributed by atoms with Crippen molar-refractivity contribution in [2.45, 2.75) is 50.9 Å². The van der Waals surface area contributed by atoms with Crippen LogP contribution in [0.1, 0.15) is 63.2 Å². The van der Waals surface area contributed by atoms with E-state index in [2.05, 4.69) is 30.8 Å². The molecule has 248 valence electrons. The predicted octanol–water partition coefficient (Wildman–Crippen LogP) is 3.57. The van der Waals surface area contributed by atoms with E-state index >= 15 is 0 Å². The largest absolute Gasteiger partial charge is 0.387 e. The zero-order chi connectivity index (χ0) is 33.9. The lowest BCUT2D eigenvalue weighted by Gasteiger charge is -2.34. The Kier molecular flexibility index (Phi) is 8.84. The van der Waals surface area contributed by atoms with Crippen molar-refractivity contribution >= 4 is 52.1 Å². The third kappa shape index (κ3) is 6.62. The molecule has 3 aliphatic rings. The topological polar surface area (TPSA) is 160 Å². The second-order valence-corrected chi connectivity index (χ2v) is 12.5. The molecule has 1 unspecified atom stereocenters. The van der Waals surface area contributed by atoms with Gasteiger partial charge in [-0.15, -0.1) is 0 Å². The second kappa shape index (κ2) is 13.7. The quantitative estimate of drug-likeness (QED) is 0.157. The van der Waals surface area contributed by atoms with E-state index in [0.717, 1.165) is 53.8 Å². The minimum Gasteiger partial charge on any atom is -0.387 e. The number of hydrogen-bond donors (Lipinski definition) is 4. The van der Waals surface area contributed by atoms with Crippen molar-refractivity contribution in [1.29, 1.82) is 5.41 Å². The summed E-state index contributed by atoms with van der Waals surface area (Å²) in [4.78, 5) is 63.4. The molecule has 4 N–H and O–H groups in total. The summed E-state index contributed by atoms with van der Waals surface area (Å²) in [5.41, 5.74) is 6.54. The van der Waals surface area contributed by atoms with Crippen LogP contribution in [-0.4, -0.2) is 69.9 Å². The van der Waals surface area contributed by atoms with Gasteiger partial charge >= 0.3 is 0 Å². The molecule has 2 fully saturated rings. The third-order valence-electron chi connectivity index (χ3n) is 9.46. The van der Waals surface area contributed by atoms with E-state index in [1.807, 2.05) is 54.7 Å². The van der Waals surface area contributed by atoms with Crippen molar-refractivity contribution in [3.05, 3.63) is 107 Å². The normalized spacial score (nSPS) is 18.3. The highest BCUT2D eigenvalue weighted by Gasteiger charge is 2.39. The van der Waals surface area contributed by atoms with Gasteiger partial charge in [-0.2, -0.15) is 0 Å². The lowest BCUT2D eigenvalue weighted by Crippen LogP contribution is -2.52. The molecule has 4 amide bonds. The summed E-state index contributed by atoms with van der Waals surface area (Å²) in [6.45, 7) is 2.10. The van der Waals surface area contributed by atoms with Gasteiger partial charge in [0.25, 0.3) is 11.8 Å². The van der Waals surface area contributed by atoms with Gasteiger partial charge < -0.3 is 25.8 Å². The van der Waals surface area contributed by atoms with Crippen molar-refractivity contribution in [3.8, 4) is 0 Å². The van der Waals surface area contributed by atoms with E-state index in [9.17, 15) is 19.2 Å². The van der Waals surface area contributed by atoms with Crippen LogP contribution >= 0.6 is 0 Å². The number of carbonyl (C=O) groups excluding carboxylic acids is 4. The first-order valence-electron chi connectivity index (χ1n) is 16.5. The Morgan fingerprint density at radius 3 is 2.57 bits per heavy atom. The molecule has 2 saturated heterocycles. The molecule has 1 aromatic heterocycles.